The lowest BCUT2D eigenvalue weighted by molar-refractivity contribution is 0.309. The Morgan fingerprint density at radius 1 is 1.21 bits per heavy atom. The van der Waals surface area contributed by atoms with Gasteiger partial charge in [0.1, 0.15) is 5.75 Å². The summed E-state index contributed by atoms with van der Waals surface area (Å²) in [6.45, 7) is 2.92. The van der Waals surface area contributed by atoms with Crippen LogP contribution in [-0.4, -0.2) is 6.61 Å². The molecule has 2 nitrogen and oxygen atoms in total. The molecule has 0 fully saturated rings. The maximum absolute atomic E-state index is 6.21. The third kappa shape index (κ3) is 3.96. The van der Waals surface area contributed by atoms with E-state index in [1.54, 1.807) is 0 Å². The molecule has 19 heavy (non-hydrogen) atoms. The Bertz CT molecular complexity index is 509. The van der Waals surface area contributed by atoms with Crippen LogP contribution in [0.15, 0.2) is 36.4 Å². The lowest BCUT2D eigenvalue weighted by Crippen LogP contribution is -2.09. The molecule has 1 aromatic carbocycles. The topological polar surface area (TPSA) is 35.2 Å². The van der Waals surface area contributed by atoms with Crippen molar-refractivity contribution >= 4 is 22.9 Å². The second-order valence-corrected chi connectivity index (χ2v) is 6.14. The zero-order valence-corrected chi connectivity index (χ0v) is 12.5. The number of rotatable bonds is 6. The number of hydrogen-bond acceptors (Lipinski definition) is 3. The Morgan fingerprint density at radius 3 is 2.53 bits per heavy atom. The van der Waals surface area contributed by atoms with E-state index in [1.807, 2.05) is 36.4 Å². The summed E-state index contributed by atoms with van der Waals surface area (Å²) in [6, 6.07) is 11.7. The summed E-state index contributed by atoms with van der Waals surface area (Å²) < 4.78 is 6.40. The lowest BCUT2D eigenvalue weighted by atomic mass is 10.1. The van der Waals surface area contributed by atoms with Crippen molar-refractivity contribution < 1.29 is 4.74 Å². The van der Waals surface area contributed by atoms with Crippen molar-refractivity contribution in [1.82, 2.24) is 0 Å². The first kappa shape index (κ1) is 14.4. The monoisotopic (exact) mass is 295 g/mol. The van der Waals surface area contributed by atoms with Crippen molar-refractivity contribution in [3.05, 3.63) is 51.2 Å². The number of ether oxygens (including phenoxy) is 1. The molecule has 1 unspecified atom stereocenters. The summed E-state index contributed by atoms with van der Waals surface area (Å²) >= 11 is 7.45. The molecule has 0 amide bonds. The number of nitrogens with two attached hydrogens (primary N) is 1. The molecule has 4 heteroatoms. The molecule has 0 bridgehead atoms. The van der Waals surface area contributed by atoms with Gasteiger partial charge >= 0.3 is 0 Å². The average molecular weight is 296 g/mol. The van der Waals surface area contributed by atoms with Gasteiger partial charge in [0, 0.05) is 4.88 Å². The largest absolute Gasteiger partial charge is 0.494 e. The van der Waals surface area contributed by atoms with Gasteiger partial charge in [-0.2, -0.15) is 0 Å². The summed E-state index contributed by atoms with van der Waals surface area (Å²) in [7, 11) is 0. The summed E-state index contributed by atoms with van der Waals surface area (Å²) in [5, 5.41) is 0. The van der Waals surface area contributed by atoms with Gasteiger partial charge in [0.2, 0.25) is 0 Å². The number of halogens is 1. The minimum atomic E-state index is -0.123. The van der Waals surface area contributed by atoms with Crippen LogP contribution in [0.2, 0.25) is 4.34 Å². The Kier molecular flexibility index (Phi) is 5.25. The predicted octanol–water partition coefficient (Wildman–Crippen LogP) is 4.63. The molecular weight excluding hydrogens is 278 g/mol. The van der Waals surface area contributed by atoms with Crippen LogP contribution in [0.3, 0.4) is 0 Å². The van der Waals surface area contributed by atoms with Crippen LogP contribution < -0.4 is 10.5 Å². The van der Waals surface area contributed by atoms with Gasteiger partial charge in [-0.3, -0.25) is 0 Å². The van der Waals surface area contributed by atoms with Crippen molar-refractivity contribution in [2.75, 3.05) is 6.61 Å². The van der Waals surface area contributed by atoms with Crippen LogP contribution in [0.4, 0.5) is 0 Å². The van der Waals surface area contributed by atoms with E-state index in [9.17, 15) is 0 Å². The third-order valence-corrected chi connectivity index (χ3v) is 4.22. The first-order valence-corrected chi connectivity index (χ1v) is 7.63. The lowest BCUT2D eigenvalue weighted by Gasteiger charge is -2.11. The van der Waals surface area contributed by atoms with Gasteiger partial charge in [-0.1, -0.05) is 37.1 Å². The van der Waals surface area contributed by atoms with E-state index < -0.39 is 0 Å². The SMILES string of the molecule is CCCCOc1ccc(C(N)c2ccc(Cl)s2)cc1. The minimum absolute atomic E-state index is 0.123. The fourth-order valence-corrected chi connectivity index (χ4v) is 2.86. The molecule has 2 N–H and O–H groups in total. The Morgan fingerprint density at radius 2 is 1.95 bits per heavy atom. The van der Waals surface area contributed by atoms with E-state index in [1.165, 1.54) is 11.3 Å². The maximum atomic E-state index is 6.21. The van der Waals surface area contributed by atoms with Crippen LogP contribution in [0.1, 0.15) is 36.2 Å². The van der Waals surface area contributed by atoms with Gasteiger partial charge in [-0.05, 0) is 36.2 Å². The van der Waals surface area contributed by atoms with Crippen LogP contribution >= 0.6 is 22.9 Å². The molecule has 0 spiro atoms. The molecule has 1 heterocycles. The van der Waals surface area contributed by atoms with Gasteiger partial charge in [0.25, 0.3) is 0 Å². The van der Waals surface area contributed by atoms with Crippen molar-refractivity contribution in [2.45, 2.75) is 25.8 Å². The molecule has 0 aliphatic heterocycles. The highest BCUT2D eigenvalue weighted by Gasteiger charge is 2.11. The highest BCUT2D eigenvalue weighted by Crippen LogP contribution is 2.30. The standard InChI is InChI=1S/C15H18ClNOS/c1-2-3-10-18-12-6-4-11(5-7-12)15(17)13-8-9-14(16)19-13/h4-9,15H,2-3,10,17H2,1H3. The molecule has 1 aromatic heterocycles. The van der Waals surface area contributed by atoms with Crippen LogP contribution in [0.25, 0.3) is 0 Å². The highest BCUT2D eigenvalue weighted by molar-refractivity contribution is 7.16. The van der Waals surface area contributed by atoms with E-state index in [4.69, 9.17) is 22.1 Å². The van der Waals surface area contributed by atoms with Crippen LogP contribution in [-0.2, 0) is 0 Å². The predicted molar refractivity (Wildman–Crippen MR) is 82.2 cm³/mol. The van der Waals surface area contributed by atoms with Gasteiger partial charge in [0.15, 0.2) is 0 Å². The van der Waals surface area contributed by atoms with Crippen LogP contribution in [0.5, 0.6) is 5.75 Å². The Labute approximate surface area is 123 Å². The van der Waals surface area contributed by atoms with E-state index in [2.05, 4.69) is 6.92 Å². The fourth-order valence-electron chi connectivity index (χ4n) is 1.77. The first-order valence-electron chi connectivity index (χ1n) is 6.44. The molecule has 0 radical (unpaired) electrons. The second kappa shape index (κ2) is 6.94. The van der Waals surface area contributed by atoms with Gasteiger partial charge in [-0.25, -0.2) is 0 Å². The molecule has 1 atom stereocenters. The number of thiophene rings is 1. The Balaban J connectivity index is 2.01. The van der Waals surface area contributed by atoms with Crippen molar-refractivity contribution in [2.24, 2.45) is 5.73 Å². The highest BCUT2D eigenvalue weighted by atomic mass is 35.5. The fraction of sp³-hybridized carbons (Fsp3) is 0.333. The second-order valence-electron chi connectivity index (χ2n) is 4.39. The van der Waals surface area contributed by atoms with Crippen molar-refractivity contribution in [3.8, 4) is 5.75 Å². The number of benzene rings is 1. The Hall–Kier alpha value is -1.03. The first-order chi connectivity index (χ1) is 9.20. The molecule has 0 aliphatic rings. The maximum Gasteiger partial charge on any atom is 0.119 e. The smallest absolute Gasteiger partial charge is 0.119 e. The van der Waals surface area contributed by atoms with E-state index in [-0.39, 0.29) is 6.04 Å². The minimum Gasteiger partial charge on any atom is -0.494 e. The number of unbranched alkanes of at least 4 members (excludes halogenated alkanes) is 1. The molecular formula is C15H18ClNOS. The van der Waals surface area contributed by atoms with Crippen LogP contribution in [0, 0.1) is 0 Å². The molecule has 102 valence electrons. The molecule has 0 aliphatic carbocycles. The molecule has 0 saturated heterocycles. The quantitative estimate of drug-likeness (QED) is 0.789. The normalized spacial score (nSPS) is 12.4. The van der Waals surface area contributed by atoms with Gasteiger partial charge < -0.3 is 10.5 Å². The van der Waals surface area contributed by atoms with Gasteiger partial charge in [-0.15, -0.1) is 11.3 Å². The van der Waals surface area contributed by atoms with E-state index in [0.717, 1.165) is 40.0 Å². The molecule has 0 saturated carbocycles. The van der Waals surface area contributed by atoms with E-state index >= 15 is 0 Å². The zero-order valence-electron chi connectivity index (χ0n) is 10.9. The summed E-state index contributed by atoms with van der Waals surface area (Å²) in [4.78, 5) is 1.07. The zero-order chi connectivity index (χ0) is 13.7. The molecule has 2 rings (SSSR count). The van der Waals surface area contributed by atoms with E-state index in [0.29, 0.717) is 0 Å². The molecule has 2 aromatic rings. The summed E-state index contributed by atoms with van der Waals surface area (Å²) in [5.41, 5.74) is 7.28. The number of hydrogen-bond donors (Lipinski definition) is 1. The summed E-state index contributed by atoms with van der Waals surface area (Å²) in [5.74, 6) is 0.897. The van der Waals surface area contributed by atoms with Crippen molar-refractivity contribution in [3.63, 3.8) is 0 Å². The third-order valence-electron chi connectivity index (χ3n) is 2.91. The average Bonchev–Trinajstić information content (AvgIpc) is 2.86. The van der Waals surface area contributed by atoms with Gasteiger partial charge in [0.05, 0.1) is 17.0 Å². The summed E-state index contributed by atoms with van der Waals surface area (Å²) in [6.07, 6.45) is 2.22. The van der Waals surface area contributed by atoms with Crippen molar-refractivity contribution in [1.29, 1.82) is 0 Å².